The summed E-state index contributed by atoms with van der Waals surface area (Å²) in [6.45, 7) is -0.237. The number of aromatic amines is 1. The molecule has 2 saturated heterocycles. The topological polar surface area (TPSA) is 259 Å². The number of nitrogens with zero attached hydrogens (tertiary/aromatic N) is 1. The summed E-state index contributed by atoms with van der Waals surface area (Å²) in [5.41, 5.74) is -1.25. The van der Waals surface area contributed by atoms with Gasteiger partial charge in [-0.1, -0.05) is 0 Å². The largest absolute Gasteiger partial charge is 0.756 e. The van der Waals surface area contributed by atoms with E-state index >= 15 is 0 Å². The van der Waals surface area contributed by atoms with Crippen LogP contribution in [0.1, 0.15) is 18.2 Å². The molecule has 10 atom stereocenters. The lowest BCUT2D eigenvalue weighted by atomic mass is 10.0. The molecule has 0 aromatic carbocycles. The summed E-state index contributed by atoms with van der Waals surface area (Å²) in [4.78, 5) is 47.5. The average Bonchev–Trinajstić information content (AvgIpc) is 3.14. The van der Waals surface area contributed by atoms with Crippen LogP contribution in [0.2, 0.25) is 0 Å². The molecule has 206 valence electrons. The fraction of sp³-hybridized carbons (Fsp3) is 0.750. The molecule has 36 heavy (non-hydrogen) atoms. The Labute approximate surface area is 207 Å². The first-order valence-corrected chi connectivity index (χ1v) is 13.8. The first kappa shape index (κ1) is 29.6. The van der Waals surface area contributed by atoms with Crippen LogP contribution in [0.5, 0.6) is 0 Å². The predicted molar refractivity (Wildman–Crippen MR) is 117 cm³/mol. The maximum absolute atomic E-state index is 12.2. The number of aliphatic hydroxyl groups is 4. The van der Waals surface area contributed by atoms with Gasteiger partial charge in [-0.2, -0.15) is 12.6 Å². The van der Waals surface area contributed by atoms with Gasteiger partial charge in [-0.05, 0) is 6.92 Å². The molecule has 1 aromatic rings. The minimum atomic E-state index is -5.68. The number of ether oxygens (including phenoxy) is 2. The highest BCUT2D eigenvalue weighted by molar-refractivity contribution is 7.81. The minimum Gasteiger partial charge on any atom is -0.756 e. The first-order chi connectivity index (χ1) is 16.6. The summed E-state index contributed by atoms with van der Waals surface area (Å²) < 4.78 is 48.9. The molecule has 0 spiro atoms. The maximum Gasteiger partial charge on any atom is 0.478 e. The molecular formula is C16H25N2O15P2S-. The Morgan fingerprint density at radius 2 is 1.89 bits per heavy atom. The van der Waals surface area contributed by atoms with Gasteiger partial charge in [0.2, 0.25) is 0 Å². The number of aromatic nitrogens is 2. The van der Waals surface area contributed by atoms with Crippen LogP contribution in [0.25, 0.3) is 0 Å². The average molecular weight is 579 g/mol. The van der Waals surface area contributed by atoms with Crippen molar-refractivity contribution in [2.24, 2.45) is 0 Å². The van der Waals surface area contributed by atoms with Crippen molar-refractivity contribution < 1.29 is 62.2 Å². The number of phosphoric acid groups is 2. The van der Waals surface area contributed by atoms with E-state index in [-0.39, 0.29) is 12.0 Å². The molecule has 4 unspecified atom stereocenters. The Balaban J connectivity index is 1.59. The predicted octanol–water partition coefficient (Wildman–Crippen LogP) is -3.15. The van der Waals surface area contributed by atoms with Gasteiger partial charge in [0, 0.05) is 18.2 Å². The van der Waals surface area contributed by atoms with Crippen LogP contribution in [0.4, 0.5) is 0 Å². The number of hydrogen-bond donors (Lipinski definition) is 7. The van der Waals surface area contributed by atoms with E-state index in [9.17, 15) is 43.8 Å². The maximum atomic E-state index is 12.2. The molecule has 0 saturated carbocycles. The zero-order valence-electron chi connectivity index (χ0n) is 18.4. The van der Waals surface area contributed by atoms with E-state index < -0.39 is 88.4 Å². The van der Waals surface area contributed by atoms with Crippen molar-refractivity contribution in [3.05, 3.63) is 32.6 Å². The summed E-state index contributed by atoms with van der Waals surface area (Å²) in [7, 11) is -11.1. The van der Waals surface area contributed by atoms with Crippen LogP contribution < -0.4 is 16.1 Å². The SMILES string of the molecule is Cc1cn([C@H]2C[C@@H](O)[C@@H](COP(=O)(O)OP(=O)([O-])O[C@@H]3OC(CO)[C@H](O)[C@H](O)C3S)O2)c(=O)[nH]c1=O. The Morgan fingerprint density at radius 1 is 1.22 bits per heavy atom. The van der Waals surface area contributed by atoms with Gasteiger partial charge in [0.1, 0.15) is 24.5 Å². The quantitative estimate of drug-likeness (QED) is 0.113. The van der Waals surface area contributed by atoms with Gasteiger partial charge in [-0.25, -0.2) is 13.7 Å². The molecule has 2 aliphatic rings. The van der Waals surface area contributed by atoms with E-state index in [2.05, 4.69) is 31.0 Å². The number of hydrogen-bond acceptors (Lipinski definition) is 15. The van der Waals surface area contributed by atoms with E-state index in [0.29, 0.717) is 0 Å². The molecule has 0 aliphatic carbocycles. The van der Waals surface area contributed by atoms with Crippen LogP contribution in [0, 0.1) is 6.92 Å². The molecule has 0 amide bonds. The zero-order valence-corrected chi connectivity index (χ0v) is 21.1. The second-order valence-electron chi connectivity index (χ2n) is 8.01. The van der Waals surface area contributed by atoms with E-state index in [1.807, 2.05) is 0 Å². The molecule has 3 heterocycles. The minimum absolute atomic E-state index is 0.165. The monoisotopic (exact) mass is 579 g/mol. The Hall–Kier alpha value is -0.950. The van der Waals surface area contributed by atoms with E-state index in [4.69, 9.17) is 14.6 Å². The van der Waals surface area contributed by atoms with Crippen molar-refractivity contribution in [2.75, 3.05) is 13.2 Å². The lowest BCUT2D eigenvalue weighted by molar-refractivity contribution is -0.268. The normalized spacial score (nSPS) is 36.3. The molecule has 20 heteroatoms. The first-order valence-electron chi connectivity index (χ1n) is 10.3. The third-order valence-electron chi connectivity index (χ3n) is 5.35. The number of rotatable bonds is 9. The van der Waals surface area contributed by atoms with E-state index in [0.717, 1.165) is 4.57 Å². The van der Waals surface area contributed by atoms with Crippen molar-refractivity contribution in [1.29, 1.82) is 0 Å². The molecule has 0 radical (unpaired) electrons. The van der Waals surface area contributed by atoms with Crippen molar-refractivity contribution >= 4 is 28.3 Å². The smallest absolute Gasteiger partial charge is 0.478 e. The molecule has 2 fully saturated rings. The van der Waals surface area contributed by atoms with Crippen LogP contribution in [-0.4, -0.2) is 90.1 Å². The number of thiol groups is 1. The molecule has 1 aromatic heterocycles. The van der Waals surface area contributed by atoms with Gasteiger partial charge in [-0.15, -0.1) is 0 Å². The number of aryl methyl sites for hydroxylation is 1. The van der Waals surface area contributed by atoms with Gasteiger partial charge in [0.15, 0.2) is 6.29 Å². The number of phosphoric ester groups is 2. The fourth-order valence-electron chi connectivity index (χ4n) is 3.45. The standard InChI is InChI=1S/C16H26N2O15P2S/c1-6-3-18(16(24)17-14(6)23)10-2-7(20)9(30-10)5-29-34(25,26)33-35(27,28)32-15-13(36)12(22)11(21)8(4-19)31-15/h3,7-13,15,19-22,36H,2,4-5H2,1H3,(H,25,26)(H,27,28)(H,17,23,24)/p-1/t7-,8?,9-,10-,11+,12+,13?,15+/m1/s1. The summed E-state index contributed by atoms with van der Waals surface area (Å²) >= 11 is 3.87. The van der Waals surface area contributed by atoms with Crippen molar-refractivity contribution in [1.82, 2.24) is 9.55 Å². The highest BCUT2D eigenvalue weighted by atomic mass is 32.1. The lowest BCUT2D eigenvalue weighted by Gasteiger charge is -2.41. The third-order valence-corrected chi connectivity index (χ3v) is 8.46. The van der Waals surface area contributed by atoms with Gasteiger partial charge >= 0.3 is 13.5 Å². The molecule has 6 N–H and O–H groups in total. The summed E-state index contributed by atoms with van der Waals surface area (Å²) in [5, 5.41) is 37.5. The lowest BCUT2D eigenvalue weighted by Crippen LogP contribution is -2.57. The van der Waals surface area contributed by atoms with E-state index in [1.54, 1.807) is 0 Å². The number of nitrogens with one attached hydrogen (secondary N) is 1. The van der Waals surface area contributed by atoms with Crippen LogP contribution in [0.3, 0.4) is 0 Å². The van der Waals surface area contributed by atoms with Crippen molar-refractivity contribution in [3.8, 4) is 0 Å². The van der Waals surface area contributed by atoms with Crippen LogP contribution in [-0.2, 0) is 32.0 Å². The second kappa shape index (κ2) is 11.4. The number of H-pyrrole nitrogens is 1. The molecule has 3 rings (SSSR count). The summed E-state index contributed by atoms with van der Waals surface area (Å²) in [6, 6.07) is 0. The summed E-state index contributed by atoms with van der Waals surface area (Å²) in [5.74, 6) is 0. The fourth-order valence-corrected chi connectivity index (χ4v) is 5.98. The highest BCUT2D eigenvalue weighted by Gasteiger charge is 2.45. The highest BCUT2D eigenvalue weighted by Crippen LogP contribution is 2.59. The Kier molecular flexibility index (Phi) is 9.40. The van der Waals surface area contributed by atoms with Gasteiger partial charge in [0.25, 0.3) is 13.4 Å². The second-order valence-corrected chi connectivity index (χ2v) is 11.6. The molecule has 17 nitrogen and oxygen atoms in total. The zero-order chi connectivity index (χ0) is 27.0. The van der Waals surface area contributed by atoms with Crippen LogP contribution in [0.15, 0.2) is 15.8 Å². The molecular weight excluding hydrogens is 554 g/mol. The van der Waals surface area contributed by atoms with Gasteiger partial charge in [-0.3, -0.25) is 28.0 Å². The van der Waals surface area contributed by atoms with E-state index in [1.165, 1.54) is 13.1 Å². The molecule has 2 aliphatic heterocycles. The number of aliphatic hydroxyl groups excluding tert-OH is 4. The van der Waals surface area contributed by atoms with Crippen LogP contribution >= 0.6 is 28.3 Å². The Bertz CT molecular complexity index is 1140. The molecule has 0 bridgehead atoms. The third kappa shape index (κ3) is 6.92. The van der Waals surface area contributed by atoms with Gasteiger partial charge in [0.05, 0.1) is 30.7 Å². The van der Waals surface area contributed by atoms with Gasteiger partial charge < -0.3 is 39.7 Å². The van der Waals surface area contributed by atoms with Crippen molar-refractivity contribution in [3.63, 3.8) is 0 Å². The van der Waals surface area contributed by atoms with Crippen molar-refractivity contribution in [2.45, 2.75) is 61.6 Å². The summed E-state index contributed by atoms with van der Waals surface area (Å²) in [6.07, 6.45) is -9.30. The Morgan fingerprint density at radius 3 is 2.53 bits per heavy atom.